The fourth-order valence-electron chi connectivity index (χ4n) is 0.932. The monoisotopic (exact) mass is 167 g/mol. The van der Waals surface area contributed by atoms with Crippen LogP contribution in [0, 0.1) is 0 Å². The maximum atomic E-state index is 8.60. The second-order valence-corrected chi connectivity index (χ2v) is 2.57. The standard InChI is InChI=1S/C8H13N3O/c1-11(5-2-6-12)8-3-4-9-7-10-8/h3-4,7,12H,2,5-6H2,1H3. The van der Waals surface area contributed by atoms with Gasteiger partial charge in [0.1, 0.15) is 12.1 Å². The van der Waals surface area contributed by atoms with E-state index in [1.807, 2.05) is 18.0 Å². The average Bonchev–Trinajstić information content (AvgIpc) is 2.15. The minimum Gasteiger partial charge on any atom is -0.396 e. The second-order valence-electron chi connectivity index (χ2n) is 2.57. The van der Waals surface area contributed by atoms with Crippen molar-refractivity contribution in [1.29, 1.82) is 0 Å². The summed E-state index contributed by atoms with van der Waals surface area (Å²) in [6, 6.07) is 1.84. The van der Waals surface area contributed by atoms with Gasteiger partial charge in [0.25, 0.3) is 0 Å². The van der Waals surface area contributed by atoms with E-state index in [1.54, 1.807) is 6.20 Å². The summed E-state index contributed by atoms with van der Waals surface area (Å²) in [5.74, 6) is 0.887. The van der Waals surface area contributed by atoms with Crippen LogP contribution in [0.1, 0.15) is 6.42 Å². The molecule has 0 bridgehead atoms. The molecular formula is C8H13N3O. The second kappa shape index (κ2) is 4.66. The largest absolute Gasteiger partial charge is 0.396 e. The zero-order valence-electron chi connectivity index (χ0n) is 7.14. The lowest BCUT2D eigenvalue weighted by molar-refractivity contribution is 0.290. The van der Waals surface area contributed by atoms with Gasteiger partial charge in [-0.25, -0.2) is 9.97 Å². The fourth-order valence-corrected chi connectivity index (χ4v) is 0.932. The average molecular weight is 167 g/mol. The number of rotatable bonds is 4. The van der Waals surface area contributed by atoms with E-state index < -0.39 is 0 Å². The van der Waals surface area contributed by atoms with Crippen LogP contribution in [0.25, 0.3) is 0 Å². The molecule has 1 aromatic rings. The molecule has 0 aliphatic carbocycles. The van der Waals surface area contributed by atoms with Crippen molar-refractivity contribution >= 4 is 5.82 Å². The first-order valence-electron chi connectivity index (χ1n) is 3.92. The smallest absolute Gasteiger partial charge is 0.131 e. The normalized spacial score (nSPS) is 9.83. The van der Waals surface area contributed by atoms with Gasteiger partial charge in [0.2, 0.25) is 0 Å². The summed E-state index contributed by atoms with van der Waals surface area (Å²) < 4.78 is 0. The number of aromatic nitrogens is 2. The van der Waals surface area contributed by atoms with E-state index in [-0.39, 0.29) is 6.61 Å². The minimum absolute atomic E-state index is 0.218. The van der Waals surface area contributed by atoms with Gasteiger partial charge in [0, 0.05) is 26.4 Å². The molecule has 0 saturated heterocycles. The Morgan fingerprint density at radius 3 is 3.00 bits per heavy atom. The lowest BCUT2D eigenvalue weighted by Crippen LogP contribution is -2.20. The van der Waals surface area contributed by atoms with E-state index in [1.165, 1.54) is 6.33 Å². The SMILES string of the molecule is CN(CCCO)c1ccncn1. The fraction of sp³-hybridized carbons (Fsp3) is 0.500. The van der Waals surface area contributed by atoms with Crippen LogP contribution in [0.15, 0.2) is 18.6 Å². The predicted molar refractivity (Wildman–Crippen MR) is 47.0 cm³/mol. The maximum absolute atomic E-state index is 8.60. The van der Waals surface area contributed by atoms with Crippen molar-refractivity contribution in [3.05, 3.63) is 18.6 Å². The highest BCUT2D eigenvalue weighted by atomic mass is 16.3. The van der Waals surface area contributed by atoms with Crippen molar-refractivity contribution in [3.8, 4) is 0 Å². The number of nitrogens with zero attached hydrogens (tertiary/aromatic N) is 3. The van der Waals surface area contributed by atoms with Crippen molar-refractivity contribution in [2.45, 2.75) is 6.42 Å². The van der Waals surface area contributed by atoms with E-state index in [0.29, 0.717) is 0 Å². The summed E-state index contributed by atoms with van der Waals surface area (Å²) in [5, 5.41) is 8.60. The van der Waals surface area contributed by atoms with Crippen LogP contribution in [-0.2, 0) is 0 Å². The van der Waals surface area contributed by atoms with Crippen molar-refractivity contribution in [3.63, 3.8) is 0 Å². The Hall–Kier alpha value is -1.16. The molecule has 0 aliphatic heterocycles. The van der Waals surface area contributed by atoms with Gasteiger partial charge in [0.05, 0.1) is 0 Å². The molecule has 0 radical (unpaired) electrons. The Labute approximate surface area is 71.9 Å². The molecule has 4 heteroatoms. The highest BCUT2D eigenvalue weighted by Crippen LogP contribution is 2.04. The lowest BCUT2D eigenvalue weighted by Gasteiger charge is -2.16. The summed E-state index contributed by atoms with van der Waals surface area (Å²) in [5.41, 5.74) is 0. The molecule has 0 spiro atoms. The first-order chi connectivity index (χ1) is 5.84. The molecule has 0 saturated carbocycles. The van der Waals surface area contributed by atoms with Crippen molar-refractivity contribution in [2.75, 3.05) is 25.1 Å². The number of aliphatic hydroxyl groups is 1. The molecule has 66 valence electrons. The molecule has 1 rings (SSSR count). The maximum Gasteiger partial charge on any atom is 0.131 e. The molecular weight excluding hydrogens is 154 g/mol. The molecule has 0 unspecified atom stereocenters. The summed E-state index contributed by atoms with van der Waals surface area (Å²) >= 11 is 0. The van der Waals surface area contributed by atoms with E-state index >= 15 is 0 Å². The van der Waals surface area contributed by atoms with E-state index in [0.717, 1.165) is 18.8 Å². The Kier molecular flexibility index (Phi) is 3.47. The van der Waals surface area contributed by atoms with Gasteiger partial charge in [-0.3, -0.25) is 0 Å². The molecule has 0 amide bonds. The number of anilines is 1. The topological polar surface area (TPSA) is 49.2 Å². The predicted octanol–water partition coefficient (Wildman–Crippen LogP) is 0.295. The summed E-state index contributed by atoms with van der Waals surface area (Å²) in [6.45, 7) is 1.03. The third-order valence-corrected chi connectivity index (χ3v) is 1.61. The van der Waals surface area contributed by atoms with Gasteiger partial charge in [-0.15, -0.1) is 0 Å². The first kappa shape index (κ1) is 8.93. The Balaban J connectivity index is 2.48. The molecule has 0 atom stereocenters. The van der Waals surface area contributed by atoms with Crippen molar-refractivity contribution in [1.82, 2.24) is 9.97 Å². The van der Waals surface area contributed by atoms with Gasteiger partial charge in [0.15, 0.2) is 0 Å². The van der Waals surface area contributed by atoms with Crippen LogP contribution in [0.4, 0.5) is 5.82 Å². The molecule has 0 aliphatic rings. The Morgan fingerprint density at radius 2 is 2.42 bits per heavy atom. The first-order valence-corrected chi connectivity index (χ1v) is 3.92. The molecule has 1 aromatic heterocycles. The van der Waals surface area contributed by atoms with Crippen LogP contribution in [0.2, 0.25) is 0 Å². The molecule has 1 N–H and O–H groups in total. The third kappa shape index (κ3) is 2.47. The van der Waals surface area contributed by atoms with Crippen LogP contribution < -0.4 is 4.90 Å². The molecule has 1 heterocycles. The van der Waals surface area contributed by atoms with Gasteiger partial charge >= 0.3 is 0 Å². The zero-order valence-corrected chi connectivity index (χ0v) is 7.14. The Bertz CT molecular complexity index is 215. The number of aliphatic hydroxyl groups excluding tert-OH is 1. The van der Waals surface area contributed by atoms with Crippen LogP contribution in [0.5, 0.6) is 0 Å². The number of hydrogen-bond acceptors (Lipinski definition) is 4. The van der Waals surface area contributed by atoms with E-state index in [4.69, 9.17) is 5.11 Å². The quantitative estimate of drug-likeness (QED) is 0.700. The van der Waals surface area contributed by atoms with E-state index in [9.17, 15) is 0 Å². The van der Waals surface area contributed by atoms with Crippen molar-refractivity contribution in [2.24, 2.45) is 0 Å². The summed E-state index contributed by atoms with van der Waals surface area (Å²) in [6.07, 6.45) is 3.99. The highest BCUT2D eigenvalue weighted by molar-refractivity contribution is 5.34. The van der Waals surface area contributed by atoms with Crippen LogP contribution in [0.3, 0.4) is 0 Å². The van der Waals surface area contributed by atoms with Gasteiger partial charge in [-0.1, -0.05) is 0 Å². The summed E-state index contributed by atoms with van der Waals surface area (Å²) in [7, 11) is 1.94. The third-order valence-electron chi connectivity index (χ3n) is 1.61. The van der Waals surface area contributed by atoms with Crippen LogP contribution >= 0.6 is 0 Å². The number of hydrogen-bond donors (Lipinski definition) is 1. The molecule has 4 nitrogen and oxygen atoms in total. The molecule has 12 heavy (non-hydrogen) atoms. The van der Waals surface area contributed by atoms with Gasteiger partial charge < -0.3 is 10.0 Å². The van der Waals surface area contributed by atoms with E-state index in [2.05, 4.69) is 9.97 Å². The van der Waals surface area contributed by atoms with Crippen LogP contribution in [-0.4, -0.2) is 35.3 Å². The minimum atomic E-state index is 0.218. The van der Waals surface area contributed by atoms with Crippen molar-refractivity contribution < 1.29 is 5.11 Å². The molecule has 0 fully saturated rings. The molecule has 0 aromatic carbocycles. The summed E-state index contributed by atoms with van der Waals surface area (Å²) in [4.78, 5) is 9.87. The van der Waals surface area contributed by atoms with Gasteiger partial charge in [-0.2, -0.15) is 0 Å². The Morgan fingerprint density at radius 1 is 1.58 bits per heavy atom. The zero-order chi connectivity index (χ0) is 8.81. The lowest BCUT2D eigenvalue weighted by atomic mass is 10.4. The van der Waals surface area contributed by atoms with Gasteiger partial charge in [-0.05, 0) is 12.5 Å². The highest BCUT2D eigenvalue weighted by Gasteiger charge is 1.99.